The van der Waals surface area contributed by atoms with E-state index in [1.807, 2.05) is 12.1 Å². The van der Waals surface area contributed by atoms with E-state index in [1.165, 1.54) is 19.3 Å². The van der Waals surface area contributed by atoms with E-state index >= 15 is 0 Å². The molecule has 2 aliphatic rings. The number of pyridine rings is 1. The average Bonchev–Trinajstić information content (AvgIpc) is 3.07. The highest BCUT2D eigenvalue weighted by atomic mass is 16.2. The van der Waals surface area contributed by atoms with Gasteiger partial charge in [-0.25, -0.2) is 0 Å². The molecule has 2 aromatic heterocycles. The molecule has 4 rings (SSSR count). The van der Waals surface area contributed by atoms with E-state index < -0.39 is 0 Å². The number of carbonyl (C=O) groups is 1. The molecule has 0 spiro atoms. The van der Waals surface area contributed by atoms with Gasteiger partial charge in [0.1, 0.15) is 5.82 Å². The molecule has 1 aliphatic heterocycles. The second kappa shape index (κ2) is 6.71. The first kappa shape index (κ1) is 15.3. The van der Waals surface area contributed by atoms with Gasteiger partial charge < -0.3 is 9.88 Å². The lowest BCUT2D eigenvalue weighted by atomic mass is 9.93. The maximum absolute atomic E-state index is 12.8. The molecule has 126 valence electrons. The van der Waals surface area contributed by atoms with Crippen LogP contribution in [-0.2, 0) is 11.3 Å². The third kappa shape index (κ3) is 2.92. The van der Waals surface area contributed by atoms with Crippen LogP contribution in [0.2, 0.25) is 0 Å². The van der Waals surface area contributed by atoms with Gasteiger partial charge in [-0.15, -0.1) is 10.2 Å². The van der Waals surface area contributed by atoms with Crippen LogP contribution < -0.4 is 5.32 Å². The van der Waals surface area contributed by atoms with Crippen molar-refractivity contribution in [3.05, 3.63) is 30.4 Å². The second-order valence-corrected chi connectivity index (χ2v) is 6.81. The molecule has 6 nitrogen and oxygen atoms in total. The summed E-state index contributed by atoms with van der Waals surface area (Å²) in [5.41, 5.74) is 0.997. The van der Waals surface area contributed by atoms with Gasteiger partial charge in [0.25, 0.3) is 0 Å². The van der Waals surface area contributed by atoms with E-state index in [2.05, 4.69) is 25.1 Å². The zero-order valence-corrected chi connectivity index (χ0v) is 13.8. The molecule has 3 heterocycles. The van der Waals surface area contributed by atoms with E-state index in [9.17, 15) is 4.79 Å². The SMILES string of the molecule is O=C(NC1CCCCC1)C1CCCn2c(-c3ccncc3)nnc21. The van der Waals surface area contributed by atoms with Crippen LogP contribution in [0.4, 0.5) is 0 Å². The summed E-state index contributed by atoms with van der Waals surface area (Å²) in [6.45, 7) is 0.868. The molecule has 1 saturated carbocycles. The third-order valence-electron chi connectivity index (χ3n) is 5.17. The Morgan fingerprint density at radius 2 is 1.83 bits per heavy atom. The van der Waals surface area contributed by atoms with Crippen LogP contribution in [0.5, 0.6) is 0 Å². The number of aromatic nitrogens is 4. The summed E-state index contributed by atoms with van der Waals surface area (Å²) in [6.07, 6.45) is 11.3. The first-order chi connectivity index (χ1) is 11.8. The highest BCUT2D eigenvalue weighted by Crippen LogP contribution is 2.30. The van der Waals surface area contributed by atoms with Crippen molar-refractivity contribution in [3.8, 4) is 11.4 Å². The molecule has 24 heavy (non-hydrogen) atoms. The molecule has 1 N–H and O–H groups in total. The molecule has 1 amide bonds. The van der Waals surface area contributed by atoms with E-state index in [-0.39, 0.29) is 11.8 Å². The first-order valence-corrected chi connectivity index (χ1v) is 8.97. The molecule has 0 aromatic carbocycles. The van der Waals surface area contributed by atoms with Crippen molar-refractivity contribution in [3.63, 3.8) is 0 Å². The Morgan fingerprint density at radius 1 is 1.04 bits per heavy atom. The number of hydrogen-bond donors (Lipinski definition) is 1. The molecule has 2 aromatic rings. The number of nitrogens with zero attached hydrogens (tertiary/aromatic N) is 4. The maximum Gasteiger partial charge on any atom is 0.231 e. The van der Waals surface area contributed by atoms with Crippen molar-refractivity contribution in [2.45, 2.75) is 63.5 Å². The summed E-state index contributed by atoms with van der Waals surface area (Å²) < 4.78 is 2.10. The zero-order valence-electron chi connectivity index (χ0n) is 13.8. The number of nitrogens with one attached hydrogen (secondary N) is 1. The van der Waals surface area contributed by atoms with Crippen LogP contribution in [0.15, 0.2) is 24.5 Å². The summed E-state index contributed by atoms with van der Waals surface area (Å²) in [5, 5.41) is 12.0. The van der Waals surface area contributed by atoms with Gasteiger partial charge >= 0.3 is 0 Å². The average molecular weight is 325 g/mol. The number of rotatable bonds is 3. The molecule has 0 saturated heterocycles. The van der Waals surface area contributed by atoms with Gasteiger partial charge in [0, 0.05) is 30.5 Å². The first-order valence-electron chi connectivity index (χ1n) is 8.97. The predicted octanol–water partition coefficient (Wildman–Crippen LogP) is 2.67. The monoisotopic (exact) mass is 325 g/mol. The molecular weight excluding hydrogens is 302 g/mol. The second-order valence-electron chi connectivity index (χ2n) is 6.81. The Kier molecular flexibility index (Phi) is 4.28. The van der Waals surface area contributed by atoms with Crippen LogP contribution in [0.25, 0.3) is 11.4 Å². The van der Waals surface area contributed by atoms with E-state index in [0.717, 1.165) is 49.4 Å². The zero-order chi connectivity index (χ0) is 16.4. The van der Waals surface area contributed by atoms with E-state index in [4.69, 9.17) is 0 Å². The van der Waals surface area contributed by atoms with Gasteiger partial charge in [-0.2, -0.15) is 0 Å². The standard InChI is InChI=1S/C18H23N5O/c24-18(20-14-5-2-1-3-6-14)15-7-4-12-23-16(21-22-17(15)23)13-8-10-19-11-9-13/h8-11,14-15H,1-7,12H2,(H,20,24). The highest BCUT2D eigenvalue weighted by Gasteiger charge is 2.32. The molecule has 1 unspecified atom stereocenters. The van der Waals surface area contributed by atoms with E-state index in [1.54, 1.807) is 12.4 Å². The Labute approximate surface area is 141 Å². The summed E-state index contributed by atoms with van der Waals surface area (Å²) in [6, 6.07) is 4.20. The summed E-state index contributed by atoms with van der Waals surface area (Å²) >= 11 is 0. The number of fused-ring (bicyclic) bond motifs is 1. The highest BCUT2D eigenvalue weighted by molar-refractivity contribution is 5.83. The fourth-order valence-corrected chi connectivity index (χ4v) is 3.89. The minimum atomic E-state index is -0.177. The maximum atomic E-state index is 12.8. The summed E-state index contributed by atoms with van der Waals surface area (Å²) in [5.74, 6) is 1.59. The topological polar surface area (TPSA) is 72.7 Å². The molecular formula is C18H23N5O. The van der Waals surface area contributed by atoms with Gasteiger partial charge in [0.15, 0.2) is 5.82 Å². The van der Waals surface area contributed by atoms with Crippen LogP contribution in [0.1, 0.15) is 56.7 Å². The van der Waals surface area contributed by atoms with Gasteiger partial charge in [-0.1, -0.05) is 19.3 Å². The van der Waals surface area contributed by atoms with Gasteiger partial charge in [-0.05, 0) is 37.8 Å². The molecule has 6 heteroatoms. The smallest absolute Gasteiger partial charge is 0.231 e. The largest absolute Gasteiger partial charge is 0.353 e. The summed E-state index contributed by atoms with van der Waals surface area (Å²) in [7, 11) is 0. The Balaban J connectivity index is 1.55. The molecule has 0 radical (unpaired) electrons. The molecule has 0 bridgehead atoms. The number of carbonyl (C=O) groups excluding carboxylic acids is 1. The normalized spacial score (nSPS) is 21.2. The van der Waals surface area contributed by atoms with E-state index in [0.29, 0.717) is 6.04 Å². The van der Waals surface area contributed by atoms with Crippen LogP contribution in [0, 0.1) is 0 Å². The number of amides is 1. The third-order valence-corrected chi connectivity index (χ3v) is 5.17. The quantitative estimate of drug-likeness (QED) is 0.941. The van der Waals surface area contributed by atoms with Crippen molar-refractivity contribution >= 4 is 5.91 Å². The minimum Gasteiger partial charge on any atom is -0.353 e. The lowest BCUT2D eigenvalue weighted by Gasteiger charge is -2.27. The van der Waals surface area contributed by atoms with Crippen molar-refractivity contribution in [1.29, 1.82) is 0 Å². The summed E-state index contributed by atoms with van der Waals surface area (Å²) in [4.78, 5) is 16.8. The lowest BCUT2D eigenvalue weighted by Crippen LogP contribution is -2.40. The molecule has 1 aliphatic carbocycles. The van der Waals surface area contributed by atoms with Gasteiger partial charge in [0.2, 0.25) is 5.91 Å². The fourth-order valence-electron chi connectivity index (χ4n) is 3.89. The molecule has 1 fully saturated rings. The Morgan fingerprint density at radius 3 is 2.62 bits per heavy atom. The fraction of sp³-hybridized carbons (Fsp3) is 0.556. The predicted molar refractivity (Wildman–Crippen MR) is 90.2 cm³/mol. The van der Waals surface area contributed by atoms with Crippen molar-refractivity contribution < 1.29 is 4.79 Å². The van der Waals surface area contributed by atoms with Gasteiger partial charge in [-0.3, -0.25) is 9.78 Å². The van der Waals surface area contributed by atoms with Crippen molar-refractivity contribution in [2.24, 2.45) is 0 Å². The minimum absolute atomic E-state index is 0.122. The van der Waals surface area contributed by atoms with Crippen LogP contribution >= 0.6 is 0 Å². The van der Waals surface area contributed by atoms with Crippen molar-refractivity contribution in [2.75, 3.05) is 0 Å². The Bertz CT molecular complexity index is 705. The lowest BCUT2D eigenvalue weighted by molar-refractivity contribution is -0.124. The molecule has 1 atom stereocenters. The van der Waals surface area contributed by atoms with Crippen LogP contribution in [0.3, 0.4) is 0 Å². The van der Waals surface area contributed by atoms with Crippen LogP contribution in [-0.4, -0.2) is 31.7 Å². The number of hydrogen-bond acceptors (Lipinski definition) is 4. The van der Waals surface area contributed by atoms with Gasteiger partial charge in [0.05, 0.1) is 5.92 Å². The Hall–Kier alpha value is -2.24. The van der Waals surface area contributed by atoms with Crippen molar-refractivity contribution in [1.82, 2.24) is 25.1 Å².